The van der Waals surface area contributed by atoms with E-state index in [1.54, 1.807) is 6.08 Å². The molecule has 0 spiro atoms. The van der Waals surface area contributed by atoms with Gasteiger partial charge in [-0.25, -0.2) is 4.79 Å². The van der Waals surface area contributed by atoms with Crippen LogP contribution >= 0.6 is 11.6 Å². The smallest absolute Gasteiger partial charge is 0.315 e. The van der Waals surface area contributed by atoms with E-state index in [2.05, 4.69) is 17.2 Å². The van der Waals surface area contributed by atoms with Crippen LogP contribution in [0.3, 0.4) is 0 Å². The first-order chi connectivity index (χ1) is 7.72. The minimum atomic E-state index is -0.179. The first-order valence-corrected chi connectivity index (χ1v) is 5.47. The molecule has 0 atom stereocenters. The van der Waals surface area contributed by atoms with Gasteiger partial charge in [0.2, 0.25) is 0 Å². The quantitative estimate of drug-likeness (QED) is 0.760. The molecule has 2 amide bonds. The topological polar surface area (TPSA) is 41.1 Å². The van der Waals surface area contributed by atoms with Crippen molar-refractivity contribution >= 4 is 17.6 Å². The molecule has 3 nitrogen and oxygen atoms in total. The van der Waals surface area contributed by atoms with Gasteiger partial charge in [-0.1, -0.05) is 29.8 Å². The van der Waals surface area contributed by atoms with Crippen LogP contribution in [0.25, 0.3) is 0 Å². The van der Waals surface area contributed by atoms with Crippen molar-refractivity contribution in [1.82, 2.24) is 10.6 Å². The van der Waals surface area contributed by atoms with Gasteiger partial charge in [-0.05, 0) is 24.1 Å². The molecule has 1 rings (SSSR count). The molecular formula is C12H15ClN2O. The number of carbonyl (C=O) groups is 1. The van der Waals surface area contributed by atoms with Crippen molar-refractivity contribution in [3.05, 3.63) is 47.5 Å². The highest BCUT2D eigenvalue weighted by Gasteiger charge is 1.98. The SMILES string of the molecule is C=CCNC(=O)NCCc1cccc(Cl)c1. The molecule has 0 heterocycles. The lowest BCUT2D eigenvalue weighted by atomic mass is 10.1. The predicted molar refractivity (Wildman–Crippen MR) is 66.8 cm³/mol. The van der Waals surface area contributed by atoms with Crippen LogP contribution in [0.15, 0.2) is 36.9 Å². The number of urea groups is 1. The maximum atomic E-state index is 11.2. The Balaban J connectivity index is 2.25. The van der Waals surface area contributed by atoms with Gasteiger partial charge in [0.15, 0.2) is 0 Å². The summed E-state index contributed by atoms with van der Waals surface area (Å²) in [6.07, 6.45) is 2.40. The predicted octanol–water partition coefficient (Wildman–Crippen LogP) is 2.37. The number of hydrogen-bond acceptors (Lipinski definition) is 1. The summed E-state index contributed by atoms with van der Waals surface area (Å²) in [5.74, 6) is 0. The van der Waals surface area contributed by atoms with Gasteiger partial charge in [0.1, 0.15) is 0 Å². The fraction of sp³-hybridized carbons (Fsp3) is 0.250. The molecule has 0 saturated heterocycles. The lowest BCUT2D eigenvalue weighted by Crippen LogP contribution is -2.36. The van der Waals surface area contributed by atoms with Crippen LogP contribution in [0.4, 0.5) is 4.79 Å². The lowest BCUT2D eigenvalue weighted by Gasteiger charge is -2.06. The van der Waals surface area contributed by atoms with Crippen LogP contribution < -0.4 is 10.6 Å². The Hall–Kier alpha value is -1.48. The first kappa shape index (κ1) is 12.6. The zero-order valence-electron chi connectivity index (χ0n) is 9.00. The molecule has 0 bridgehead atoms. The highest BCUT2D eigenvalue weighted by Crippen LogP contribution is 2.10. The molecule has 0 unspecified atom stereocenters. The van der Waals surface area contributed by atoms with Gasteiger partial charge in [0.25, 0.3) is 0 Å². The Labute approximate surface area is 100 Å². The summed E-state index contributed by atoms with van der Waals surface area (Å²) in [7, 11) is 0. The molecule has 2 N–H and O–H groups in total. The van der Waals surface area contributed by atoms with Crippen LogP contribution in [0.2, 0.25) is 5.02 Å². The van der Waals surface area contributed by atoms with Crippen molar-refractivity contribution in [3.8, 4) is 0 Å². The average molecular weight is 239 g/mol. The molecule has 86 valence electrons. The molecule has 16 heavy (non-hydrogen) atoms. The molecule has 0 aliphatic rings. The van der Waals surface area contributed by atoms with Crippen molar-refractivity contribution in [2.24, 2.45) is 0 Å². The summed E-state index contributed by atoms with van der Waals surface area (Å²) >= 11 is 5.84. The molecular weight excluding hydrogens is 224 g/mol. The maximum Gasteiger partial charge on any atom is 0.315 e. The van der Waals surface area contributed by atoms with Crippen molar-refractivity contribution in [3.63, 3.8) is 0 Å². The summed E-state index contributed by atoms with van der Waals surface area (Å²) in [5, 5.41) is 6.10. The second-order valence-electron chi connectivity index (χ2n) is 3.31. The van der Waals surface area contributed by atoms with Crippen LogP contribution in [0.5, 0.6) is 0 Å². The van der Waals surface area contributed by atoms with E-state index in [0.717, 1.165) is 12.0 Å². The van der Waals surface area contributed by atoms with Crippen molar-refractivity contribution < 1.29 is 4.79 Å². The fourth-order valence-corrected chi connectivity index (χ4v) is 1.45. The highest BCUT2D eigenvalue weighted by molar-refractivity contribution is 6.30. The third-order valence-corrected chi connectivity index (χ3v) is 2.23. The molecule has 0 aliphatic carbocycles. The largest absolute Gasteiger partial charge is 0.338 e. The Morgan fingerprint density at radius 1 is 1.44 bits per heavy atom. The Morgan fingerprint density at radius 3 is 2.94 bits per heavy atom. The number of carbonyl (C=O) groups excluding carboxylic acids is 1. The molecule has 1 aromatic carbocycles. The van der Waals surface area contributed by atoms with Crippen LogP contribution in [-0.4, -0.2) is 19.1 Å². The molecule has 1 aromatic rings. The summed E-state index contributed by atoms with van der Waals surface area (Å²) in [5.41, 5.74) is 1.11. The Bertz CT molecular complexity index is 366. The number of amides is 2. The molecule has 4 heteroatoms. The summed E-state index contributed by atoms with van der Waals surface area (Å²) in [6, 6.07) is 7.42. The number of rotatable bonds is 5. The van der Waals surface area contributed by atoms with E-state index in [1.807, 2.05) is 24.3 Å². The minimum absolute atomic E-state index is 0.179. The van der Waals surface area contributed by atoms with Gasteiger partial charge < -0.3 is 10.6 Å². The maximum absolute atomic E-state index is 11.2. The van der Waals surface area contributed by atoms with Crippen molar-refractivity contribution in [2.45, 2.75) is 6.42 Å². The van der Waals surface area contributed by atoms with Crippen LogP contribution in [-0.2, 0) is 6.42 Å². The van der Waals surface area contributed by atoms with E-state index in [1.165, 1.54) is 0 Å². The van der Waals surface area contributed by atoms with Gasteiger partial charge >= 0.3 is 6.03 Å². The van der Waals surface area contributed by atoms with Gasteiger partial charge in [0.05, 0.1) is 0 Å². The first-order valence-electron chi connectivity index (χ1n) is 5.09. The zero-order chi connectivity index (χ0) is 11.8. The second-order valence-corrected chi connectivity index (χ2v) is 3.74. The summed E-state index contributed by atoms with van der Waals surface area (Å²) in [6.45, 7) is 4.57. The average Bonchev–Trinajstić information content (AvgIpc) is 2.26. The van der Waals surface area contributed by atoms with E-state index in [9.17, 15) is 4.79 Å². The van der Waals surface area contributed by atoms with Crippen LogP contribution in [0, 0.1) is 0 Å². The minimum Gasteiger partial charge on any atom is -0.338 e. The second kappa shape index (κ2) is 6.90. The Kier molecular flexibility index (Phi) is 5.43. The van der Waals surface area contributed by atoms with Crippen LogP contribution in [0.1, 0.15) is 5.56 Å². The highest BCUT2D eigenvalue weighted by atomic mass is 35.5. The third kappa shape index (κ3) is 4.84. The summed E-state index contributed by atoms with van der Waals surface area (Å²) < 4.78 is 0. The number of nitrogens with one attached hydrogen (secondary N) is 2. The zero-order valence-corrected chi connectivity index (χ0v) is 9.76. The van der Waals surface area contributed by atoms with Gasteiger partial charge in [-0.2, -0.15) is 0 Å². The molecule has 0 saturated carbocycles. The van der Waals surface area contributed by atoms with E-state index >= 15 is 0 Å². The van der Waals surface area contributed by atoms with Gasteiger partial charge in [-0.15, -0.1) is 6.58 Å². The Morgan fingerprint density at radius 2 is 2.25 bits per heavy atom. The van der Waals surface area contributed by atoms with E-state index < -0.39 is 0 Å². The number of halogens is 1. The van der Waals surface area contributed by atoms with Crippen molar-refractivity contribution in [2.75, 3.05) is 13.1 Å². The standard InChI is InChI=1S/C12H15ClN2O/c1-2-7-14-12(16)15-8-6-10-4-3-5-11(13)9-10/h2-5,9H,1,6-8H2,(H2,14,15,16). The van der Waals surface area contributed by atoms with Gasteiger partial charge in [-0.3, -0.25) is 0 Å². The van der Waals surface area contributed by atoms with E-state index in [-0.39, 0.29) is 6.03 Å². The normalized spacial score (nSPS) is 9.56. The van der Waals surface area contributed by atoms with Gasteiger partial charge in [0, 0.05) is 18.1 Å². The molecule has 0 aliphatic heterocycles. The van der Waals surface area contributed by atoms with Crippen molar-refractivity contribution in [1.29, 1.82) is 0 Å². The third-order valence-electron chi connectivity index (χ3n) is 2.00. The lowest BCUT2D eigenvalue weighted by molar-refractivity contribution is 0.242. The number of benzene rings is 1. The van der Waals surface area contributed by atoms with E-state index in [0.29, 0.717) is 18.1 Å². The number of hydrogen-bond donors (Lipinski definition) is 2. The van der Waals surface area contributed by atoms with E-state index in [4.69, 9.17) is 11.6 Å². The summed E-state index contributed by atoms with van der Waals surface area (Å²) in [4.78, 5) is 11.2. The monoisotopic (exact) mass is 238 g/mol. The molecule has 0 fully saturated rings. The molecule has 0 radical (unpaired) electrons. The fourth-order valence-electron chi connectivity index (χ4n) is 1.24. The molecule has 0 aromatic heterocycles.